The smallest absolute Gasteiger partial charge is 0.339 e. The molecule has 0 radical (unpaired) electrons. The summed E-state index contributed by atoms with van der Waals surface area (Å²) in [6.07, 6.45) is 2.58. The maximum absolute atomic E-state index is 12.7. The zero-order chi connectivity index (χ0) is 23.7. The fourth-order valence-corrected chi connectivity index (χ4v) is 3.60. The van der Waals surface area contributed by atoms with Gasteiger partial charge < -0.3 is 19.9 Å². The lowest BCUT2D eigenvalue weighted by Crippen LogP contribution is -2.49. The number of hydrogen-bond donors (Lipinski definition) is 4. The second-order valence-corrected chi connectivity index (χ2v) is 8.81. The van der Waals surface area contributed by atoms with Crippen molar-refractivity contribution in [1.82, 2.24) is 10.6 Å². The number of nitrogens with one attached hydrogen (secondary N) is 2. The van der Waals surface area contributed by atoms with E-state index < -0.39 is 22.8 Å². The predicted molar refractivity (Wildman–Crippen MR) is 125 cm³/mol. The van der Waals surface area contributed by atoms with Crippen LogP contribution in [0.2, 0.25) is 5.02 Å². The summed E-state index contributed by atoms with van der Waals surface area (Å²) in [4.78, 5) is 13.3. The molecule has 0 saturated carbocycles. The third-order valence-electron chi connectivity index (χ3n) is 4.08. The average molecular weight is 481 g/mol. The van der Waals surface area contributed by atoms with Gasteiger partial charge in [-0.05, 0) is 37.3 Å². The van der Waals surface area contributed by atoms with Crippen molar-refractivity contribution >= 4 is 34.1 Å². The first-order chi connectivity index (χ1) is 15.3. The van der Waals surface area contributed by atoms with Crippen LogP contribution in [0.15, 0.2) is 53.6 Å². The van der Waals surface area contributed by atoms with Crippen molar-refractivity contribution in [2.75, 3.05) is 19.4 Å². The van der Waals surface area contributed by atoms with Gasteiger partial charge in [-0.15, -0.1) is 0 Å². The minimum Gasteiger partial charge on any atom is -0.488 e. The molecule has 0 aliphatic heterocycles. The molecule has 0 aliphatic carbocycles. The molecule has 8 nitrogen and oxygen atoms in total. The highest BCUT2D eigenvalue weighted by atomic mass is 35.5. The second-order valence-electron chi connectivity index (χ2n) is 6.66. The summed E-state index contributed by atoms with van der Waals surface area (Å²) in [5, 5.41) is 20.7. The van der Waals surface area contributed by atoms with E-state index in [0.717, 1.165) is 0 Å². The van der Waals surface area contributed by atoms with E-state index in [4.69, 9.17) is 26.5 Å². The highest BCUT2D eigenvalue weighted by Crippen LogP contribution is 2.33. The SMILES string of the molecule is CCS(=O)c1ccc(Oc2cc(O[C@@H](C)CO)cc(C(=O)NC(=[NH2+])/C=C\NC)c2)c(Cl)c1. The molecule has 2 aromatic rings. The fraction of sp³-hybridized carbons (Fsp3) is 0.273. The molecule has 10 heteroatoms. The lowest BCUT2D eigenvalue weighted by atomic mass is 10.1. The summed E-state index contributed by atoms with van der Waals surface area (Å²) in [6.45, 7) is 3.30. The number of amides is 1. The van der Waals surface area contributed by atoms with Gasteiger partial charge in [0.1, 0.15) is 23.4 Å². The zero-order valence-corrected chi connectivity index (χ0v) is 19.6. The average Bonchev–Trinajstić information content (AvgIpc) is 2.78. The van der Waals surface area contributed by atoms with Gasteiger partial charge >= 0.3 is 5.91 Å². The summed E-state index contributed by atoms with van der Waals surface area (Å²) in [5.41, 5.74) is 0.225. The molecule has 5 N–H and O–H groups in total. The zero-order valence-electron chi connectivity index (χ0n) is 18.1. The number of halogens is 1. The molecule has 0 spiro atoms. The highest BCUT2D eigenvalue weighted by molar-refractivity contribution is 7.85. The number of ether oxygens (including phenoxy) is 2. The van der Waals surface area contributed by atoms with E-state index >= 15 is 0 Å². The Morgan fingerprint density at radius 2 is 2.00 bits per heavy atom. The Morgan fingerprint density at radius 1 is 1.28 bits per heavy atom. The van der Waals surface area contributed by atoms with Crippen molar-refractivity contribution in [3.05, 3.63) is 59.3 Å². The Balaban J connectivity index is 2.35. The summed E-state index contributed by atoms with van der Waals surface area (Å²) in [7, 11) is 0.558. The van der Waals surface area contributed by atoms with Crippen LogP contribution in [0.3, 0.4) is 0 Å². The van der Waals surface area contributed by atoms with Crippen LogP contribution in [0, 0.1) is 0 Å². The molecule has 32 heavy (non-hydrogen) atoms. The quantitative estimate of drug-likeness (QED) is 0.303. The van der Waals surface area contributed by atoms with E-state index in [2.05, 4.69) is 10.6 Å². The van der Waals surface area contributed by atoms with Gasteiger partial charge in [0.05, 0.1) is 28.0 Å². The van der Waals surface area contributed by atoms with Crippen molar-refractivity contribution < 1.29 is 29.0 Å². The van der Waals surface area contributed by atoms with Gasteiger partial charge in [-0.25, -0.2) is 10.1 Å². The first kappa shape index (κ1) is 25.4. The van der Waals surface area contributed by atoms with Gasteiger partial charge in [-0.2, -0.15) is 0 Å². The van der Waals surface area contributed by atoms with E-state index in [1.165, 1.54) is 18.2 Å². The molecule has 0 fully saturated rings. The van der Waals surface area contributed by atoms with Crippen LogP contribution in [0.4, 0.5) is 0 Å². The molecule has 0 heterocycles. The van der Waals surface area contributed by atoms with Crippen LogP contribution in [0.1, 0.15) is 24.2 Å². The van der Waals surface area contributed by atoms with Crippen LogP contribution in [-0.2, 0) is 10.8 Å². The van der Waals surface area contributed by atoms with Crippen LogP contribution >= 0.6 is 11.6 Å². The summed E-state index contributed by atoms with van der Waals surface area (Å²) < 4.78 is 23.5. The van der Waals surface area contributed by atoms with Crippen LogP contribution < -0.4 is 25.5 Å². The van der Waals surface area contributed by atoms with Gasteiger partial charge in [-0.3, -0.25) is 9.62 Å². The first-order valence-corrected chi connectivity index (χ1v) is 11.5. The molecule has 0 aromatic heterocycles. The minimum atomic E-state index is -1.15. The molecular weight excluding hydrogens is 454 g/mol. The summed E-state index contributed by atoms with van der Waals surface area (Å²) in [6, 6.07) is 9.47. The normalized spacial score (nSPS) is 12.8. The molecule has 0 saturated heterocycles. The van der Waals surface area contributed by atoms with Gasteiger partial charge in [-0.1, -0.05) is 18.5 Å². The molecule has 2 rings (SSSR count). The van der Waals surface area contributed by atoms with E-state index in [1.54, 1.807) is 44.4 Å². The fourth-order valence-electron chi connectivity index (χ4n) is 2.52. The van der Waals surface area contributed by atoms with Gasteiger partial charge in [0.2, 0.25) is 0 Å². The van der Waals surface area contributed by atoms with E-state index in [0.29, 0.717) is 22.1 Å². The van der Waals surface area contributed by atoms with E-state index in [-0.39, 0.29) is 28.8 Å². The molecule has 1 unspecified atom stereocenters. The van der Waals surface area contributed by atoms with Crippen molar-refractivity contribution in [2.45, 2.75) is 24.8 Å². The van der Waals surface area contributed by atoms with Crippen molar-refractivity contribution in [2.24, 2.45) is 0 Å². The molecule has 172 valence electrons. The predicted octanol–water partition coefficient (Wildman–Crippen LogP) is 1.64. The Morgan fingerprint density at radius 3 is 2.62 bits per heavy atom. The Kier molecular flexibility index (Phi) is 9.70. The van der Waals surface area contributed by atoms with Crippen LogP contribution in [-0.4, -0.2) is 46.6 Å². The van der Waals surface area contributed by atoms with Crippen molar-refractivity contribution in [3.8, 4) is 17.2 Å². The monoisotopic (exact) mass is 480 g/mol. The Labute approximate surface area is 194 Å². The number of nitrogens with two attached hydrogens (primary N) is 1. The van der Waals surface area contributed by atoms with E-state index in [9.17, 15) is 14.1 Å². The van der Waals surface area contributed by atoms with Gasteiger partial charge in [0, 0.05) is 36.0 Å². The maximum Gasteiger partial charge on any atom is 0.339 e. The topological polar surface area (TPSA) is 122 Å². The van der Waals surface area contributed by atoms with Gasteiger partial charge in [0.15, 0.2) is 0 Å². The summed E-state index contributed by atoms with van der Waals surface area (Å²) >= 11 is 6.31. The number of amidine groups is 1. The molecule has 1 amide bonds. The van der Waals surface area contributed by atoms with Gasteiger partial charge in [0.25, 0.3) is 5.84 Å². The maximum atomic E-state index is 12.7. The largest absolute Gasteiger partial charge is 0.488 e. The number of aliphatic hydroxyl groups is 1. The second kappa shape index (κ2) is 12.2. The third-order valence-corrected chi connectivity index (χ3v) is 5.68. The van der Waals surface area contributed by atoms with Crippen molar-refractivity contribution in [3.63, 3.8) is 0 Å². The number of benzene rings is 2. The van der Waals surface area contributed by atoms with Crippen LogP contribution in [0.25, 0.3) is 0 Å². The number of hydrogen-bond acceptors (Lipinski definition) is 6. The molecule has 2 atom stereocenters. The number of carbonyl (C=O) groups excluding carboxylic acids is 1. The van der Waals surface area contributed by atoms with Crippen molar-refractivity contribution in [1.29, 1.82) is 0 Å². The lowest BCUT2D eigenvalue weighted by Gasteiger charge is -2.15. The number of carbonyl (C=O) groups is 1. The summed E-state index contributed by atoms with van der Waals surface area (Å²) in [5.74, 6) is 1.07. The lowest BCUT2D eigenvalue weighted by molar-refractivity contribution is -0.115. The molecule has 2 aromatic carbocycles. The third kappa shape index (κ3) is 7.37. The number of rotatable bonds is 10. The highest BCUT2D eigenvalue weighted by Gasteiger charge is 2.18. The number of aliphatic hydroxyl groups excluding tert-OH is 1. The molecule has 0 aliphatic rings. The minimum absolute atomic E-state index is 0.143. The Bertz CT molecular complexity index is 1030. The standard InChI is InChI=1S/C22H26ClN3O5S/c1-4-32(29)18-5-6-20(19(23)12-18)31-17-10-15(9-16(11-17)30-14(2)13-27)22(28)26-21(24)7-8-25-3/h5-12,14,25,27H,4,13H2,1-3H3,(H2,24,26,28)/p+1/b8-7-/t14-,32?/m0/s1. The van der Waals surface area contributed by atoms with E-state index in [1.807, 2.05) is 6.92 Å². The molecular formula is C22H27ClN3O5S+. The van der Waals surface area contributed by atoms with Crippen LogP contribution in [0.5, 0.6) is 17.2 Å². The first-order valence-electron chi connectivity index (χ1n) is 9.83. The molecule has 0 bridgehead atoms. The Hall–Kier alpha value is -2.88.